The van der Waals surface area contributed by atoms with E-state index in [4.69, 9.17) is 23.2 Å². The first-order valence-corrected chi connectivity index (χ1v) is 7.99. The van der Waals surface area contributed by atoms with E-state index < -0.39 is 10.0 Å². The van der Waals surface area contributed by atoms with Crippen LogP contribution in [0.3, 0.4) is 0 Å². The Labute approximate surface area is 121 Å². The van der Waals surface area contributed by atoms with Crippen molar-refractivity contribution in [3.05, 3.63) is 28.0 Å². The van der Waals surface area contributed by atoms with Crippen molar-refractivity contribution in [3.8, 4) is 0 Å². The molecule has 19 heavy (non-hydrogen) atoms. The Balaban J connectivity index is 2.39. The van der Waals surface area contributed by atoms with E-state index in [1.54, 1.807) is 0 Å². The van der Waals surface area contributed by atoms with Gasteiger partial charge in [-0.2, -0.15) is 0 Å². The van der Waals surface area contributed by atoms with Crippen molar-refractivity contribution in [2.45, 2.75) is 6.42 Å². The molecule has 0 unspecified atom stereocenters. The van der Waals surface area contributed by atoms with Crippen LogP contribution in [-0.4, -0.2) is 38.7 Å². The molecule has 0 radical (unpaired) electrons. The topological polar surface area (TPSA) is 88.2 Å². The van der Waals surface area contributed by atoms with Crippen LogP contribution in [-0.2, 0) is 10.0 Å². The van der Waals surface area contributed by atoms with Gasteiger partial charge in [-0.15, -0.1) is 0 Å². The van der Waals surface area contributed by atoms with E-state index in [2.05, 4.69) is 15.0 Å². The summed E-state index contributed by atoms with van der Waals surface area (Å²) in [6.45, 7) is 0.575. The van der Waals surface area contributed by atoms with E-state index in [1.165, 1.54) is 12.1 Å². The molecule has 1 aromatic rings. The second-order valence-electron chi connectivity index (χ2n) is 3.75. The number of carbonyl (C=O) groups excluding carboxylic acids is 1. The van der Waals surface area contributed by atoms with Crippen LogP contribution >= 0.6 is 23.2 Å². The van der Waals surface area contributed by atoms with Gasteiger partial charge in [-0.3, -0.25) is 4.79 Å². The summed E-state index contributed by atoms with van der Waals surface area (Å²) >= 11 is 11.4. The predicted molar refractivity (Wildman–Crippen MR) is 74.1 cm³/mol. The summed E-state index contributed by atoms with van der Waals surface area (Å²) in [7, 11) is -3.20. The average molecular weight is 326 g/mol. The van der Waals surface area contributed by atoms with Gasteiger partial charge >= 0.3 is 0 Å². The molecule has 0 aliphatic carbocycles. The van der Waals surface area contributed by atoms with Gasteiger partial charge in [0.1, 0.15) is 10.3 Å². The molecule has 0 aliphatic rings. The van der Waals surface area contributed by atoms with Crippen molar-refractivity contribution in [2.24, 2.45) is 0 Å². The summed E-state index contributed by atoms with van der Waals surface area (Å²) in [6, 6.07) is 2.94. The highest BCUT2D eigenvalue weighted by atomic mass is 35.5. The zero-order valence-corrected chi connectivity index (χ0v) is 12.4. The largest absolute Gasteiger partial charge is 0.352 e. The van der Waals surface area contributed by atoms with Crippen molar-refractivity contribution in [3.63, 3.8) is 0 Å². The molecule has 0 saturated carbocycles. The fourth-order valence-corrected chi connectivity index (χ4v) is 2.17. The van der Waals surface area contributed by atoms with E-state index >= 15 is 0 Å². The second kappa shape index (κ2) is 7.04. The normalized spacial score (nSPS) is 11.3. The molecule has 0 saturated heterocycles. The predicted octanol–water partition coefficient (Wildman–Crippen LogP) is 1.06. The van der Waals surface area contributed by atoms with Crippen molar-refractivity contribution >= 4 is 39.1 Å². The molecule has 0 aliphatic heterocycles. The van der Waals surface area contributed by atoms with E-state index in [1.807, 2.05) is 0 Å². The van der Waals surface area contributed by atoms with Crippen LogP contribution < -0.4 is 10.0 Å². The van der Waals surface area contributed by atoms with Crippen LogP contribution in [0.15, 0.2) is 12.1 Å². The van der Waals surface area contributed by atoms with E-state index in [0.29, 0.717) is 13.0 Å². The molecule has 1 aromatic heterocycles. The number of hydrogen-bond donors (Lipinski definition) is 2. The summed E-state index contributed by atoms with van der Waals surface area (Å²) < 4.78 is 23.9. The van der Waals surface area contributed by atoms with Gasteiger partial charge in [0, 0.05) is 13.1 Å². The van der Waals surface area contributed by atoms with Crippen molar-refractivity contribution in [1.29, 1.82) is 0 Å². The van der Waals surface area contributed by atoms with Gasteiger partial charge in [-0.05, 0) is 18.6 Å². The first kappa shape index (κ1) is 16.2. The summed E-state index contributed by atoms with van der Waals surface area (Å²) in [4.78, 5) is 15.5. The fraction of sp³-hybridized carbons (Fsp3) is 0.400. The molecule has 2 N–H and O–H groups in total. The standard InChI is InChI=1S/C10H13Cl2N3O3S/c1-19(17,18)14-6-2-5-13-10(16)7-3-4-8(11)15-9(7)12/h3-4,14H,2,5-6H2,1H3,(H,13,16). The van der Waals surface area contributed by atoms with Crippen molar-refractivity contribution in [1.82, 2.24) is 15.0 Å². The highest BCUT2D eigenvalue weighted by Crippen LogP contribution is 2.16. The SMILES string of the molecule is CS(=O)(=O)NCCCNC(=O)c1ccc(Cl)nc1Cl. The summed E-state index contributed by atoms with van der Waals surface area (Å²) in [5.74, 6) is -0.381. The maximum atomic E-state index is 11.7. The minimum absolute atomic E-state index is 0.0271. The highest BCUT2D eigenvalue weighted by molar-refractivity contribution is 7.88. The van der Waals surface area contributed by atoms with Gasteiger partial charge in [0.25, 0.3) is 5.91 Å². The fourth-order valence-electron chi connectivity index (χ4n) is 1.22. The van der Waals surface area contributed by atoms with Crippen LogP contribution in [0.1, 0.15) is 16.8 Å². The Morgan fingerprint density at radius 1 is 1.32 bits per heavy atom. The Morgan fingerprint density at radius 3 is 2.58 bits per heavy atom. The molecular formula is C10H13Cl2N3O3S. The van der Waals surface area contributed by atoms with Crippen LogP contribution in [0.25, 0.3) is 0 Å². The number of halogens is 2. The highest BCUT2D eigenvalue weighted by Gasteiger charge is 2.11. The molecule has 0 bridgehead atoms. The molecule has 0 fully saturated rings. The zero-order chi connectivity index (χ0) is 14.5. The smallest absolute Gasteiger partial charge is 0.254 e. The van der Waals surface area contributed by atoms with E-state index in [-0.39, 0.29) is 28.3 Å². The number of rotatable bonds is 6. The van der Waals surface area contributed by atoms with Crippen molar-refractivity contribution in [2.75, 3.05) is 19.3 Å². The molecule has 0 spiro atoms. The van der Waals surface area contributed by atoms with Crippen LogP contribution in [0, 0.1) is 0 Å². The number of hydrogen-bond acceptors (Lipinski definition) is 4. The van der Waals surface area contributed by atoms with Gasteiger partial charge in [0.2, 0.25) is 10.0 Å². The minimum Gasteiger partial charge on any atom is -0.352 e. The monoisotopic (exact) mass is 325 g/mol. The number of carbonyl (C=O) groups is 1. The van der Waals surface area contributed by atoms with Crippen molar-refractivity contribution < 1.29 is 13.2 Å². The zero-order valence-electron chi connectivity index (χ0n) is 10.1. The number of aromatic nitrogens is 1. The maximum Gasteiger partial charge on any atom is 0.254 e. The van der Waals surface area contributed by atoms with Crippen LogP contribution in [0.4, 0.5) is 0 Å². The van der Waals surface area contributed by atoms with E-state index in [0.717, 1.165) is 6.26 Å². The number of amides is 1. The van der Waals surface area contributed by atoms with Gasteiger partial charge in [0.05, 0.1) is 11.8 Å². The molecule has 6 nitrogen and oxygen atoms in total. The number of nitrogens with zero attached hydrogens (tertiary/aromatic N) is 1. The van der Waals surface area contributed by atoms with Gasteiger partial charge in [-0.25, -0.2) is 18.1 Å². The number of nitrogens with one attached hydrogen (secondary N) is 2. The molecule has 1 heterocycles. The summed E-state index contributed by atoms with van der Waals surface area (Å²) in [5.41, 5.74) is 0.224. The Bertz CT molecular complexity index is 563. The Morgan fingerprint density at radius 2 is 2.00 bits per heavy atom. The number of sulfonamides is 1. The maximum absolute atomic E-state index is 11.7. The summed E-state index contributed by atoms with van der Waals surface area (Å²) in [6.07, 6.45) is 1.54. The molecule has 0 aromatic carbocycles. The van der Waals surface area contributed by atoms with E-state index in [9.17, 15) is 13.2 Å². The van der Waals surface area contributed by atoms with Crippen LogP contribution in [0.5, 0.6) is 0 Å². The number of pyridine rings is 1. The third-order valence-electron chi connectivity index (χ3n) is 2.06. The lowest BCUT2D eigenvalue weighted by molar-refractivity contribution is 0.0953. The molecule has 106 valence electrons. The molecule has 0 atom stereocenters. The van der Waals surface area contributed by atoms with Gasteiger partial charge in [0.15, 0.2) is 0 Å². The minimum atomic E-state index is -3.20. The first-order valence-electron chi connectivity index (χ1n) is 5.34. The lowest BCUT2D eigenvalue weighted by Gasteiger charge is -2.06. The molecule has 9 heteroatoms. The lowest BCUT2D eigenvalue weighted by Crippen LogP contribution is -2.29. The third-order valence-corrected chi connectivity index (χ3v) is 3.29. The summed E-state index contributed by atoms with van der Waals surface area (Å²) in [5, 5.41) is 2.84. The van der Waals surface area contributed by atoms with Gasteiger partial charge < -0.3 is 5.32 Å². The Hall–Kier alpha value is -0.890. The molecular weight excluding hydrogens is 313 g/mol. The Kier molecular flexibility index (Phi) is 5.99. The second-order valence-corrected chi connectivity index (χ2v) is 6.33. The third kappa shape index (κ3) is 6.20. The molecule has 1 amide bonds. The van der Waals surface area contributed by atoms with Crippen LogP contribution in [0.2, 0.25) is 10.3 Å². The molecule has 1 rings (SSSR count). The average Bonchev–Trinajstić information content (AvgIpc) is 2.26. The van der Waals surface area contributed by atoms with Gasteiger partial charge in [-0.1, -0.05) is 23.2 Å². The first-order chi connectivity index (χ1) is 8.79. The lowest BCUT2D eigenvalue weighted by atomic mass is 10.2. The quantitative estimate of drug-likeness (QED) is 0.604.